The van der Waals surface area contributed by atoms with E-state index in [-0.39, 0.29) is 0 Å². The second-order valence-electron chi connectivity index (χ2n) is 3.65. The Balaban J connectivity index is 3.17. The third kappa shape index (κ3) is 3.82. The number of aliphatic hydroxyl groups excluding tert-OH is 2. The molecule has 104 valence electrons. The Morgan fingerprint density at radius 3 is 2.47 bits per heavy atom. The SMILES string of the molecule is [N-]=[N+]=NCC(O)C(O)c1cc(F)ccc1C(F)(F)F. The zero-order valence-electron chi connectivity index (χ0n) is 9.34. The van der Waals surface area contributed by atoms with Crippen LogP contribution >= 0.6 is 0 Å². The van der Waals surface area contributed by atoms with E-state index in [0.717, 1.165) is 0 Å². The summed E-state index contributed by atoms with van der Waals surface area (Å²) < 4.78 is 50.9. The van der Waals surface area contributed by atoms with E-state index in [2.05, 4.69) is 10.0 Å². The van der Waals surface area contributed by atoms with E-state index in [1.807, 2.05) is 0 Å². The minimum atomic E-state index is -4.80. The van der Waals surface area contributed by atoms with Gasteiger partial charge in [0.05, 0.1) is 18.2 Å². The van der Waals surface area contributed by atoms with Gasteiger partial charge in [0.1, 0.15) is 11.9 Å². The van der Waals surface area contributed by atoms with Crippen molar-refractivity contribution in [3.05, 3.63) is 45.6 Å². The van der Waals surface area contributed by atoms with Crippen LogP contribution in [-0.4, -0.2) is 22.9 Å². The van der Waals surface area contributed by atoms with Crippen molar-refractivity contribution >= 4 is 0 Å². The Morgan fingerprint density at radius 2 is 1.95 bits per heavy atom. The Labute approximate surface area is 104 Å². The molecule has 0 spiro atoms. The van der Waals surface area contributed by atoms with Crippen molar-refractivity contribution in [2.24, 2.45) is 5.11 Å². The summed E-state index contributed by atoms with van der Waals surface area (Å²) in [5.74, 6) is -0.988. The first-order valence-electron chi connectivity index (χ1n) is 5.01. The molecule has 9 heteroatoms. The van der Waals surface area contributed by atoms with Gasteiger partial charge >= 0.3 is 6.18 Å². The summed E-state index contributed by atoms with van der Waals surface area (Å²) in [5.41, 5.74) is 5.95. The molecular weight excluding hydrogens is 270 g/mol. The number of hydrogen-bond acceptors (Lipinski definition) is 3. The Hall–Kier alpha value is -1.83. The minimum absolute atomic E-state index is 0.466. The minimum Gasteiger partial charge on any atom is -0.390 e. The summed E-state index contributed by atoms with van der Waals surface area (Å²) in [5, 5.41) is 21.9. The van der Waals surface area contributed by atoms with Crippen LogP contribution in [0, 0.1) is 5.82 Å². The van der Waals surface area contributed by atoms with Gasteiger partial charge in [-0.25, -0.2) is 4.39 Å². The number of aliphatic hydroxyl groups is 2. The lowest BCUT2D eigenvalue weighted by molar-refractivity contribution is -0.139. The highest BCUT2D eigenvalue weighted by Gasteiger charge is 2.36. The number of alkyl halides is 3. The van der Waals surface area contributed by atoms with Crippen LogP contribution in [0.1, 0.15) is 17.2 Å². The largest absolute Gasteiger partial charge is 0.416 e. The Kier molecular flexibility index (Phi) is 4.71. The van der Waals surface area contributed by atoms with Gasteiger partial charge in [-0.3, -0.25) is 0 Å². The molecule has 2 unspecified atom stereocenters. The number of benzene rings is 1. The standard InChI is InChI=1S/C10H9F4N3O2/c11-5-1-2-7(10(12,13)14)6(3-5)9(19)8(18)4-16-17-15/h1-3,8-9,18-19H,4H2. The van der Waals surface area contributed by atoms with E-state index < -0.39 is 41.9 Å². The van der Waals surface area contributed by atoms with Gasteiger partial charge in [0.15, 0.2) is 0 Å². The fourth-order valence-electron chi connectivity index (χ4n) is 1.46. The van der Waals surface area contributed by atoms with Crippen molar-refractivity contribution < 1.29 is 27.8 Å². The molecule has 2 atom stereocenters. The van der Waals surface area contributed by atoms with Gasteiger partial charge in [0, 0.05) is 4.91 Å². The lowest BCUT2D eigenvalue weighted by Gasteiger charge is -2.20. The quantitative estimate of drug-likeness (QED) is 0.384. The molecule has 1 aromatic carbocycles. The number of azide groups is 1. The van der Waals surface area contributed by atoms with Gasteiger partial charge in [-0.1, -0.05) is 5.11 Å². The third-order valence-corrected chi connectivity index (χ3v) is 2.33. The first-order chi connectivity index (χ1) is 8.77. The van der Waals surface area contributed by atoms with E-state index in [1.165, 1.54) is 0 Å². The normalized spacial score (nSPS) is 14.6. The number of nitrogens with zero attached hydrogens (tertiary/aromatic N) is 3. The molecule has 0 saturated heterocycles. The molecule has 0 bridgehead atoms. The maximum Gasteiger partial charge on any atom is 0.416 e. The summed E-state index contributed by atoms with van der Waals surface area (Å²) in [6.45, 7) is -0.633. The first kappa shape index (κ1) is 15.2. The lowest BCUT2D eigenvalue weighted by Crippen LogP contribution is -2.24. The maximum atomic E-state index is 13.0. The fraction of sp³-hybridized carbons (Fsp3) is 0.400. The number of hydrogen-bond donors (Lipinski definition) is 2. The average Bonchev–Trinajstić information content (AvgIpc) is 2.33. The molecule has 0 radical (unpaired) electrons. The molecule has 1 aromatic rings. The van der Waals surface area contributed by atoms with Gasteiger partial charge in [-0.2, -0.15) is 13.2 Å². The van der Waals surface area contributed by atoms with Gasteiger partial charge in [-0.15, -0.1) is 0 Å². The van der Waals surface area contributed by atoms with E-state index in [0.29, 0.717) is 18.2 Å². The van der Waals surface area contributed by atoms with Gasteiger partial charge < -0.3 is 10.2 Å². The summed E-state index contributed by atoms with van der Waals surface area (Å²) >= 11 is 0. The smallest absolute Gasteiger partial charge is 0.390 e. The lowest BCUT2D eigenvalue weighted by atomic mass is 9.98. The highest BCUT2D eigenvalue weighted by molar-refractivity contribution is 5.32. The summed E-state index contributed by atoms with van der Waals surface area (Å²) in [4.78, 5) is 2.30. The first-order valence-corrected chi connectivity index (χ1v) is 5.01. The molecule has 1 rings (SSSR count). The molecule has 2 N–H and O–H groups in total. The summed E-state index contributed by atoms with van der Waals surface area (Å²) in [7, 11) is 0. The van der Waals surface area contributed by atoms with Crippen LogP contribution in [0.4, 0.5) is 17.6 Å². The van der Waals surface area contributed by atoms with Crippen LogP contribution in [-0.2, 0) is 6.18 Å². The van der Waals surface area contributed by atoms with Crippen molar-refractivity contribution in [1.82, 2.24) is 0 Å². The van der Waals surface area contributed by atoms with E-state index in [1.54, 1.807) is 0 Å². The summed E-state index contributed by atoms with van der Waals surface area (Å²) in [6, 6.07) is 1.54. The highest BCUT2D eigenvalue weighted by Crippen LogP contribution is 2.35. The zero-order chi connectivity index (χ0) is 14.6. The van der Waals surface area contributed by atoms with Crippen molar-refractivity contribution in [3.63, 3.8) is 0 Å². The van der Waals surface area contributed by atoms with Crippen molar-refractivity contribution in [1.29, 1.82) is 0 Å². The molecule has 0 amide bonds. The molecule has 5 nitrogen and oxygen atoms in total. The topological polar surface area (TPSA) is 89.2 Å². The molecule has 19 heavy (non-hydrogen) atoms. The van der Waals surface area contributed by atoms with Crippen LogP contribution in [0.5, 0.6) is 0 Å². The second kappa shape index (κ2) is 5.87. The average molecular weight is 279 g/mol. The Morgan fingerprint density at radius 1 is 1.32 bits per heavy atom. The Bertz CT molecular complexity index is 500. The van der Waals surface area contributed by atoms with Gasteiger partial charge in [0.25, 0.3) is 0 Å². The maximum absolute atomic E-state index is 13.0. The molecule has 0 heterocycles. The van der Waals surface area contributed by atoms with Crippen LogP contribution in [0.15, 0.2) is 23.3 Å². The van der Waals surface area contributed by atoms with E-state index in [9.17, 15) is 27.8 Å². The molecule has 0 fully saturated rings. The molecule has 0 aromatic heterocycles. The predicted octanol–water partition coefficient (Wildman–Crippen LogP) is 2.55. The molecule has 0 aliphatic heterocycles. The predicted molar refractivity (Wildman–Crippen MR) is 56.4 cm³/mol. The highest BCUT2D eigenvalue weighted by atomic mass is 19.4. The van der Waals surface area contributed by atoms with E-state index in [4.69, 9.17) is 5.53 Å². The molecule has 0 aliphatic carbocycles. The van der Waals surface area contributed by atoms with Crippen LogP contribution in [0.2, 0.25) is 0 Å². The number of rotatable bonds is 4. The monoisotopic (exact) mass is 279 g/mol. The number of halogens is 4. The third-order valence-electron chi connectivity index (χ3n) is 2.33. The van der Waals surface area contributed by atoms with Crippen LogP contribution < -0.4 is 0 Å². The summed E-state index contributed by atoms with van der Waals surface area (Å²) in [6.07, 6.45) is -8.58. The second-order valence-corrected chi connectivity index (χ2v) is 3.65. The van der Waals surface area contributed by atoms with Gasteiger partial charge in [-0.05, 0) is 29.3 Å². The van der Waals surface area contributed by atoms with Crippen molar-refractivity contribution in [2.75, 3.05) is 6.54 Å². The van der Waals surface area contributed by atoms with Crippen molar-refractivity contribution in [3.8, 4) is 0 Å². The van der Waals surface area contributed by atoms with Crippen molar-refractivity contribution in [2.45, 2.75) is 18.4 Å². The fourth-order valence-corrected chi connectivity index (χ4v) is 1.46. The van der Waals surface area contributed by atoms with Crippen LogP contribution in [0.25, 0.3) is 10.4 Å². The van der Waals surface area contributed by atoms with Gasteiger partial charge in [0.2, 0.25) is 0 Å². The zero-order valence-corrected chi connectivity index (χ0v) is 9.34. The molecule has 0 aliphatic rings. The molecular formula is C10H9F4N3O2. The van der Waals surface area contributed by atoms with Crippen LogP contribution in [0.3, 0.4) is 0 Å². The van der Waals surface area contributed by atoms with E-state index >= 15 is 0 Å². The molecule has 0 saturated carbocycles.